The summed E-state index contributed by atoms with van der Waals surface area (Å²) >= 11 is 0. The standard InChI is InChI=1S/C30H36FN7O4/c1-30(2,41)27(31)18-34-28(39)23-17-33-25(26-8-7-22-13-19(15-32)16-35-38(22)26)14-24(23)36-21-5-3-20(4-6-21)29(40)37-9-11-42-12-10-37/h7-8,13-14,16-17,20-21,27,41H,3-6,9-12,18H2,1-2H3,(H,33,36)(H,34,39)/t20?,21?,27-/m1/s1. The predicted molar refractivity (Wildman–Crippen MR) is 153 cm³/mol. The number of alkyl halides is 1. The molecular weight excluding hydrogens is 541 g/mol. The van der Waals surface area contributed by atoms with Crippen LogP contribution in [0, 0.1) is 17.2 Å². The summed E-state index contributed by atoms with van der Waals surface area (Å²) in [4.78, 5) is 32.6. The molecule has 0 spiro atoms. The van der Waals surface area contributed by atoms with E-state index in [9.17, 15) is 24.3 Å². The average Bonchev–Trinajstić information content (AvgIpc) is 3.43. The molecule has 5 rings (SSSR count). The van der Waals surface area contributed by atoms with Crippen molar-refractivity contribution in [2.24, 2.45) is 5.92 Å². The molecule has 0 bridgehead atoms. The van der Waals surface area contributed by atoms with Gasteiger partial charge in [-0.2, -0.15) is 10.4 Å². The van der Waals surface area contributed by atoms with Gasteiger partial charge in [-0.25, -0.2) is 8.91 Å². The van der Waals surface area contributed by atoms with E-state index in [0.717, 1.165) is 31.2 Å². The van der Waals surface area contributed by atoms with E-state index in [2.05, 4.69) is 26.8 Å². The summed E-state index contributed by atoms with van der Waals surface area (Å²) in [5.41, 5.74) is 1.58. The summed E-state index contributed by atoms with van der Waals surface area (Å²) in [6, 6.07) is 9.28. The molecule has 42 heavy (non-hydrogen) atoms. The van der Waals surface area contributed by atoms with Gasteiger partial charge >= 0.3 is 0 Å². The highest BCUT2D eigenvalue weighted by Crippen LogP contribution is 2.31. The molecule has 4 heterocycles. The molecule has 1 aliphatic carbocycles. The maximum atomic E-state index is 14.4. The smallest absolute Gasteiger partial charge is 0.255 e. The summed E-state index contributed by atoms with van der Waals surface area (Å²) in [6.07, 6.45) is 4.23. The molecule has 2 fully saturated rings. The zero-order valence-corrected chi connectivity index (χ0v) is 23.8. The van der Waals surface area contributed by atoms with Crippen molar-refractivity contribution in [3.8, 4) is 17.5 Å². The second-order valence-electron chi connectivity index (χ2n) is 11.5. The number of ether oxygens (including phenoxy) is 1. The first-order valence-corrected chi connectivity index (χ1v) is 14.3. The van der Waals surface area contributed by atoms with Crippen molar-refractivity contribution < 1.29 is 23.8 Å². The van der Waals surface area contributed by atoms with Crippen molar-refractivity contribution in [1.29, 1.82) is 5.26 Å². The summed E-state index contributed by atoms with van der Waals surface area (Å²) in [7, 11) is 0. The lowest BCUT2D eigenvalue weighted by atomic mass is 9.85. The minimum atomic E-state index is -1.65. The second kappa shape index (κ2) is 12.4. The minimum absolute atomic E-state index is 0.0196. The van der Waals surface area contributed by atoms with Gasteiger partial charge in [0.05, 0.1) is 65.3 Å². The number of nitrogens with zero attached hydrogens (tertiary/aromatic N) is 5. The Labute approximate surface area is 243 Å². The number of carbonyl (C=O) groups excluding carboxylic acids is 2. The van der Waals surface area contributed by atoms with Gasteiger partial charge in [-0.15, -0.1) is 0 Å². The SMILES string of the molecule is CC(C)(O)[C@H](F)CNC(=O)c1cnc(-c2ccc3cc(C#N)cnn23)cc1NC1CCC(C(=O)N2CCOCC2)CC1. The molecule has 3 aromatic heterocycles. The summed E-state index contributed by atoms with van der Waals surface area (Å²) in [5.74, 6) is -0.365. The predicted octanol–water partition coefficient (Wildman–Crippen LogP) is 2.94. The molecule has 0 unspecified atom stereocenters. The molecule has 11 nitrogen and oxygen atoms in total. The van der Waals surface area contributed by atoms with Gasteiger partial charge in [0, 0.05) is 31.2 Å². The molecule has 222 valence electrons. The molecule has 2 amide bonds. The number of fused-ring (bicyclic) bond motifs is 1. The van der Waals surface area contributed by atoms with Gasteiger partial charge in [-0.05, 0) is 63.8 Å². The molecule has 1 aliphatic heterocycles. The minimum Gasteiger partial charge on any atom is -0.387 e. The van der Waals surface area contributed by atoms with Gasteiger partial charge in [0.2, 0.25) is 5.91 Å². The molecule has 1 saturated heterocycles. The number of hydrogen-bond donors (Lipinski definition) is 3. The Balaban J connectivity index is 1.36. The molecule has 0 aromatic carbocycles. The molecule has 2 aliphatic rings. The van der Waals surface area contributed by atoms with Gasteiger partial charge in [0.25, 0.3) is 5.91 Å². The van der Waals surface area contributed by atoms with E-state index in [1.54, 1.807) is 16.6 Å². The van der Waals surface area contributed by atoms with E-state index in [0.29, 0.717) is 48.9 Å². The number of anilines is 1. The number of pyridine rings is 1. The van der Waals surface area contributed by atoms with E-state index in [4.69, 9.17) is 4.74 Å². The third kappa shape index (κ3) is 6.53. The first kappa shape index (κ1) is 29.4. The first-order chi connectivity index (χ1) is 20.1. The number of aromatic nitrogens is 3. The molecule has 0 radical (unpaired) electrons. The van der Waals surface area contributed by atoms with E-state index >= 15 is 0 Å². The van der Waals surface area contributed by atoms with Crippen molar-refractivity contribution in [2.75, 3.05) is 38.2 Å². The molecule has 1 saturated carbocycles. The van der Waals surface area contributed by atoms with E-state index in [1.165, 1.54) is 26.2 Å². The lowest BCUT2D eigenvalue weighted by Gasteiger charge is -2.34. The Kier molecular flexibility index (Phi) is 8.70. The fourth-order valence-corrected chi connectivity index (χ4v) is 5.42. The number of morpholine rings is 1. The van der Waals surface area contributed by atoms with Gasteiger partial charge in [0.15, 0.2) is 0 Å². The average molecular weight is 578 g/mol. The maximum absolute atomic E-state index is 14.4. The highest BCUT2D eigenvalue weighted by Gasteiger charge is 2.31. The van der Waals surface area contributed by atoms with Crippen LogP contribution >= 0.6 is 0 Å². The van der Waals surface area contributed by atoms with Crippen LogP contribution in [0.5, 0.6) is 0 Å². The monoisotopic (exact) mass is 577 g/mol. The lowest BCUT2D eigenvalue weighted by molar-refractivity contribution is -0.140. The molecule has 1 atom stereocenters. The number of aliphatic hydroxyl groups is 1. The van der Waals surface area contributed by atoms with Crippen LogP contribution in [0.4, 0.5) is 10.1 Å². The second-order valence-corrected chi connectivity index (χ2v) is 11.5. The Morgan fingerprint density at radius 3 is 2.62 bits per heavy atom. The number of halogens is 1. The van der Waals surface area contributed by atoms with Crippen LogP contribution in [0.15, 0.2) is 36.7 Å². The number of hydrogen-bond acceptors (Lipinski definition) is 8. The van der Waals surface area contributed by atoms with E-state index in [-0.39, 0.29) is 30.0 Å². The molecule has 3 N–H and O–H groups in total. The fourth-order valence-electron chi connectivity index (χ4n) is 5.42. The fraction of sp³-hybridized carbons (Fsp3) is 0.500. The maximum Gasteiger partial charge on any atom is 0.255 e. The quantitative estimate of drug-likeness (QED) is 0.371. The van der Waals surface area contributed by atoms with Gasteiger partial charge in [-0.3, -0.25) is 14.6 Å². The van der Waals surface area contributed by atoms with Crippen LogP contribution in [0.25, 0.3) is 16.9 Å². The Bertz CT molecular complexity index is 1480. The van der Waals surface area contributed by atoms with E-state index < -0.39 is 17.7 Å². The number of rotatable bonds is 8. The summed E-state index contributed by atoms with van der Waals surface area (Å²) in [5, 5.41) is 29.6. The van der Waals surface area contributed by atoms with Crippen molar-refractivity contribution in [2.45, 2.75) is 57.3 Å². The zero-order valence-electron chi connectivity index (χ0n) is 23.8. The lowest BCUT2D eigenvalue weighted by Crippen LogP contribution is -2.45. The normalized spacial score (nSPS) is 20.1. The van der Waals surface area contributed by atoms with Crippen LogP contribution in [0.2, 0.25) is 0 Å². The van der Waals surface area contributed by atoms with Crippen molar-refractivity contribution >= 4 is 23.0 Å². The Hall–Kier alpha value is -4.08. The van der Waals surface area contributed by atoms with Crippen molar-refractivity contribution in [1.82, 2.24) is 24.8 Å². The van der Waals surface area contributed by atoms with E-state index in [1.807, 2.05) is 17.0 Å². The number of nitriles is 1. The third-order valence-corrected chi connectivity index (χ3v) is 8.01. The third-order valence-electron chi connectivity index (χ3n) is 8.01. The molecule has 12 heteroatoms. The summed E-state index contributed by atoms with van der Waals surface area (Å²) in [6.45, 7) is 4.75. The number of nitrogens with one attached hydrogen (secondary N) is 2. The highest BCUT2D eigenvalue weighted by molar-refractivity contribution is 6.00. The van der Waals surface area contributed by atoms with Gasteiger partial charge in [0.1, 0.15) is 12.2 Å². The Morgan fingerprint density at radius 1 is 1.19 bits per heavy atom. The first-order valence-electron chi connectivity index (χ1n) is 14.3. The topological polar surface area (TPSA) is 145 Å². The van der Waals surface area contributed by atoms with Crippen molar-refractivity contribution in [3.05, 3.63) is 47.8 Å². The molecular formula is C30H36FN7O4. The van der Waals surface area contributed by atoms with Crippen molar-refractivity contribution in [3.63, 3.8) is 0 Å². The van der Waals surface area contributed by atoms with Gasteiger partial charge in [-0.1, -0.05) is 0 Å². The Morgan fingerprint density at radius 2 is 1.93 bits per heavy atom. The molecule has 3 aromatic rings. The van der Waals surface area contributed by atoms with Crippen LogP contribution < -0.4 is 10.6 Å². The number of amides is 2. The van der Waals surface area contributed by atoms with Crippen LogP contribution in [-0.2, 0) is 9.53 Å². The van der Waals surface area contributed by atoms with Crippen LogP contribution in [0.1, 0.15) is 55.5 Å². The largest absolute Gasteiger partial charge is 0.387 e. The number of carbonyl (C=O) groups is 2. The highest BCUT2D eigenvalue weighted by atomic mass is 19.1. The zero-order chi connectivity index (χ0) is 29.9. The van der Waals surface area contributed by atoms with Crippen LogP contribution in [0.3, 0.4) is 0 Å². The van der Waals surface area contributed by atoms with Crippen LogP contribution in [-0.4, -0.2) is 87.1 Å². The van der Waals surface area contributed by atoms with Gasteiger partial charge < -0.3 is 25.4 Å². The summed E-state index contributed by atoms with van der Waals surface area (Å²) < 4.78 is 21.4.